The first-order valence-electron chi connectivity index (χ1n) is 11.0. The zero-order valence-corrected chi connectivity index (χ0v) is 18.3. The fourth-order valence-corrected chi connectivity index (χ4v) is 4.32. The van der Waals surface area contributed by atoms with Gasteiger partial charge in [-0.05, 0) is 66.4 Å². The summed E-state index contributed by atoms with van der Waals surface area (Å²) < 4.78 is 15.0. The van der Waals surface area contributed by atoms with E-state index in [1.807, 2.05) is 23.9 Å². The maximum Gasteiger partial charge on any atom is 0.248 e. The second-order valence-electron chi connectivity index (χ2n) is 8.17. The van der Waals surface area contributed by atoms with Crippen molar-refractivity contribution in [2.75, 3.05) is 16.8 Å². The molecule has 0 spiro atoms. The highest BCUT2D eigenvalue weighted by Crippen LogP contribution is 2.29. The minimum absolute atomic E-state index is 0.0646. The molecular formula is C26H24FN5O. The van der Waals surface area contributed by atoms with Gasteiger partial charge in [0.2, 0.25) is 5.91 Å². The monoisotopic (exact) mass is 441 g/mol. The van der Waals surface area contributed by atoms with Crippen molar-refractivity contribution < 1.29 is 9.18 Å². The van der Waals surface area contributed by atoms with Gasteiger partial charge in [-0.25, -0.2) is 9.37 Å². The predicted octanol–water partition coefficient (Wildman–Crippen LogP) is 4.90. The molecule has 2 aromatic carbocycles. The van der Waals surface area contributed by atoms with E-state index >= 15 is 0 Å². The summed E-state index contributed by atoms with van der Waals surface area (Å²) in [7, 11) is 1.92. The molecule has 1 saturated heterocycles. The Bertz CT molecular complexity index is 1250. The number of aryl methyl sites for hydroxylation is 1. The number of hydrogen-bond donors (Lipinski definition) is 1. The van der Waals surface area contributed by atoms with Crippen molar-refractivity contribution >= 4 is 17.4 Å². The predicted molar refractivity (Wildman–Crippen MR) is 127 cm³/mol. The van der Waals surface area contributed by atoms with Crippen molar-refractivity contribution in [1.29, 1.82) is 0 Å². The molecule has 1 atom stereocenters. The van der Waals surface area contributed by atoms with Gasteiger partial charge in [-0.3, -0.25) is 9.48 Å². The summed E-state index contributed by atoms with van der Waals surface area (Å²) in [5.74, 6) is 0.165. The van der Waals surface area contributed by atoms with E-state index in [-0.39, 0.29) is 17.8 Å². The Morgan fingerprint density at radius 3 is 2.36 bits per heavy atom. The number of rotatable bonds is 5. The molecule has 0 aliphatic carbocycles. The minimum Gasteiger partial charge on any atom is -0.360 e. The van der Waals surface area contributed by atoms with Crippen molar-refractivity contribution in [1.82, 2.24) is 14.8 Å². The molecule has 0 unspecified atom stereocenters. The lowest BCUT2D eigenvalue weighted by atomic mass is 10.1. The van der Waals surface area contributed by atoms with E-state index in [2.05, 4.69) is 44.6 Å². The van der Waals surface area contributed by atoms with Crippen molar-refractivity contribution in [2.24, 2.45) is 7.05 Å². The van der Waals surface area contributed by atoms with Crippen molar-refractivity contribution in [3.8, 4) is 22.4 Å². The van der Waals surface area contributed by atoms with Gasteiger partial charge in [-0.15, -0.1) is 0 Å². The molecule has 3 heterocycles. The van der Waals surface area contributed by atoms with Crippen LogP contribution < -0.4 is 10.2 Å². The SMILES string of the molecule is Cn1nccc1-c1ccc(N2CCC[C@H]2C(=O)Nc2ccc(-c3ccc(F)cc3)cn2)cc1. The van der Waals surface area contributed by atoms with Crippen LogP contribution in [0.15, 0.2) is 79.1 Å². The minimum atomic E-state index is -0.275. The Morgan fingerprint density at radius 1 is 0.970 bits per heavy atom. The second-order valence-corrected chi connectivity index (χ2v) is 8.17. The summed E-state index contributed by atoms with van der Waals surface area (Å²) in [4.78, 5) is 19.6. The van der Waals surface area contributed by atoms with E-state index in [1.165, 1.54) is 12.1 Å². The smallest absolute Gasteiger partial charge is 0.248 e. The summed E-state index contributed by atoms with van der Waals surface area (Å²) in [6.45, 7) is 0.833. The number of halogens is 1. The van der Waals surface area contributed by atoms with Crippen LogP contribution in [-0.4, -0.2) is 33.3 Å². The van der Waals surface area contributed by atoms with Gasteiger partial charge in [0, 0.05) is 37.2 Å². The lowest BCUT2D eigenvalue weighted by molar-refractivity contribution is -0.117. The second kappa shape index (κ2) is 8.86. The number of hydrogen-bond acceptors (Lipinski definition) is 4. The Balaban J connectivity index is 1.27. The Morgan fingerprint density at radius 2 is 1.70 bits per heavy atom. The maximum atomic E-state index is 13.1. The third kappa shape index (κ3) is 4.35. The van der Waals surface area contributed by atoms with Gasteiger partial charge in [0.25, 0.3) is 0 Å². The lowest BCUT2D eigenvalue weighted by Gasteiger charge is -2.26. The van der Waals surface area contributed by atoms with E-state index in [9.17, 15) is 9.18 Å². The zero-order valence-electron chi connectivity index (χ0n) is 18.3. The number of amides is 1. The van der Waals surface area contributed by atoms with Crippen LogP contribution in [0.5, 0.6) is 0 Å². The molecule has 2 aromatic heterocycles. The molecule has 33 heavy (non-hydrogen) atoms. The first-order chi connectivity index (χ1) is 16.1. The maximum absolute atomic E-state index is 13.1. The normalized spacial score (nSPS) is 15.6. The van der Waals surface area contributed by atoms with Gasteiger partial charge in [0.05, 0.1) is 5.69 Å². The molecule has 1 N–H and O–H groups in total. The van der Waals surface area contributed by atoms with Crippen LogP contribution in [0.2, 0.25) is 0 Å². The van der Waals surface area contributed by atoms with Crippen molar-refractivity contribution in [3.63, 3.8) is 0 Å². The molecule has 166 valence electrons. The molecule has 1 fully saturated rings. The van der Waals surface area contributed by atoms with E-state index in [1.54, 1.807) is 30.6 Å². The molecule has 0 radical (unpaired) electrons. The highest BCUT2D eigenvalue weighted by Gasteiger charge is 2.31. The van der Waals surface area contributed by atoms with Gasteiger partial charge >= 0.3 is 0 Å². The van der Waals surface area contributed by atoms with Crippen LogP contribution in [0, 0.1) is 5.82 Å². The largest absolute Gasteiger partial charge is 0.360 e. The number of carbonyl (C=O) groups is 1. The highest BCUT2D eigenvalue weighted by molar-refractivity contribution is 5.96. The summed E-state index contributed by atoms with van der Waals surface area (Å²) in [5.41, 5.74) is 4.90. The average Bonchev–Trinajstić information content (AvgIpc) is 3.50. The van der Waals surface area contributed by atoms with Gasteiger partial charge in [0.1, 0.15) is 17.7 Å². The molecular weight excluding hydrogens is 417 g/mol. The summed E-state index contributed by atoms with van der Waals surface area (Å²) >= 11 is 0. The van der Waals surface area contributed by atoms with Crippen LogP contribution in [0.1, 0.15) is 12.8 Å². The van der Waals surface area contributed by atoms with E-state index in [4.69, 9.17) is 0 Å². The fraction of sp³-hybridized carbons (Fsp3) is 0.192. The first-order valence-corrected chi connectivity index (χ1v) is 11.0. The Hall–Kier alpha value is -4.00. The van der Waals surface area contributed by atoms with Gasteiger partial charge in [-0.2, -0.15) is 5.10 Å². The molecule has 1 aliphatic rings. The molecule has 1 aliphatic heterocycles. The number of carbonyl (C=O) groups excluding carboxylic acids is 1. The number of nitrogens with zero attached hydrogens (tertiary/aromatic N) is 4. The van der Waals surface area contributed by atoms with Gasteiger partial charge in [0.15, 0.2) is 0 Å². The quantitative estimate of drug-likeness (QED) is 0.479. The van der Waals surface area contributed by atoms with Crippen LogP contribution >= 0.6 is 0 Å². The standard InChI is InChI=1S/C26H24FN5O/c1-31-23(14-15-29-31)19-6-11-22(12-7-19)32-16-2-3-24(32)26(33)30-25-13-8-20(17-28-25)18-4-9-21(27)10-5-18/h4-15,17,24H,2-3,16H2,1H3,(H,28,30,33)/t24-/m0/s1. The Labute approximate surface area is 191 Å². The van der Waals surface area contributed by atoms with Gasteiger partial charge in [-0.1, -0.05) is 24.3 Å². The lowest BCUT2D eigenvalue weighted by Crippen LogP contribution is -2.39. The Kier molecular flexibility index (Phi) is 5.60. The van der Waals surface area contributed by atoms with E-state index in [0.29, 0.717) is 5.82 Å². The van der Waals surface area contributed by atoms with Crippen molar-refractivity contribution in [3.05, 3.63) is 84.9 Å². The van der Waals surface area contributed by atoms with E-state index in [0.717, 1.165) is 47.5 Å². The van der Waals surface area contributed by atoms with Crippen LogP contribution in [0.4, 0.5) is 15.9 Å². The number of nitrogens with one attached hydrogen (secondary N) is 1. The number of benzene rings is 2. The molecule has 4 aromatic rings. The molecule has 0 saturated carbocycles. The third-order valence-corrected chi connectivity index (χ3v) is 6.06. The number of aromatic nitrogens is 3. The fourth-order valence-electron chi connectivity index (χ4n) is 4.32. The number of pyridine rings is 1. The third-order valence-electron chi connectivity index (χ3n) is 6.06. The van der Waals surface area contributed by atoms with Crippen LogP contribution in [0.25, 0.3) is 22.4 Å². The molecule has 1 amide bonds. The molecule has 0 bridgehead atoms. The first kappa shape index (κ1) is 20.9. The van der Waals surface area contributed by atoms with E-state index < -0.39 is 0 Å². The number of anilines is 2. The molecule has 5 rings (SSSR count). The topological polar surface area (TPSA) is 63.1 Å². The van der Waals surface area contributed by atoms with Crippen LogP contribution in [0.3, 0.4) is 0 Å². The van der Waals surface area contributed by atoms with Crippen molar-refractivity contribution in [2.45, 2.75) is 18.9 Å². The zero-order chi connectivity index (χ0) is 22.8. The summed E-state index contributed by atoms with van der Waals surface area (Å²) in [6.07, 6.45) is 5.22. The molecule has 6 nitrogen and oxygen atoms in total. The summed E-state index contributed by atoms with van der Waals surface area (Å²) in [6, 6.07) is 19.9. The summed E-state index contributed by atoms with van der Waals surface area (Å²) in [5, 5.41) is 7.18. The highest BCUT2D eigenvalue weighted by atomic mass is 19.1. The molecule has 7 heteroatoms. The van der Waals surface area contributed by atoms with Crippen LogP contribution in [-0.2, 0) is 11.8 Å². The average molecular weight is 442 g/mol. The van der Waals surface area contributed by atoms with Gasteiger partial charge < -0.3 is 10.2 Å².